The van der Waals surface area contributed by atoms with Crippen LogP contribution in [0.1, 0.15) is 4.88 Å². The molecule has 72 valence electrons. The number of rotatable bonds is 2. The highest BCUT2D eigenvalue weighted by atomic mass is 127. The van der Waals surface area contributed by atoms with Crippen LogP contribution < -0.4 is 5.32 Å². The Morgan fingerprint density at radius 1 is 1.36 bits per heavy atom. The minimum absolute atomic E-state index is 0.801. The van der Waals surface area contributed by atoms with E-state index < -0.39 is 0 Å². The van der Waals surface area contributed by atoms with Gasteiger partial charge < -0.3 is 5.32 Å². The summed E-state index contributed by atoms with van der Waals surface area (Å²) >= 11 is 3.79. The van der Waals surface area contributed by atoms with Crippen molar-refractivity contribution in [3.63, 3.8) is 0 Å². The van der Waals surface area contributed by atoms with Crippen molar-refractivity contribution < 1.29 is 0 Å². The summed E-state index contributed by atoms with van der Waals surface area (Å²) in [5, 5.41) is 4.00. The molecule has 0 spiro atoms. The first kappa shape index (κ1) is 9.78. The van der Waals surface area contributed by atoms with E-state index in [0.29, 0.717) is 0 Å². The summed E-state index contributed by atoms with van der Waals surface area (Å²) in [4.78, 5) is 13.4. The summed E-state index contributed by atoms with van der Waals surface area (Å²) in [7, 11) is 0. The van der Waals surface area contributed by atoms with Crippen LogP contribution in [0.5, 0.6) is 0 Å². The molecule has 2 aromatic heterocycles. The topological polar surface area (TPSA) is 50.7 Å². The molecule has 6 heteroatoms. The van der Waals surface area contributed by atoms with Crippen LogP contribution in [-0.2, 0) is 0 Å². The van der Waals surface area contributed by atoms with Crippen LogP contribution in [0.2, 0.25) is 0 Å². The molecule has 2 aromatic rings. The second kappa shape index (κ2) is 4.18. The van der Waals surface area contributed by atoms with Crippen molar-refractivity contribution in [2.45, 2.75) is 6.92 Å². The lowest BCUT2D eigenvalue weighted by Crippen LogP contribution is -1.95. The third-order valence-corrected chi connectivity index (χ3v) is 3.13. The Balaban J connectivity index is 2.23. The SMILES string of the molecule is Cc1cnc(Nc2ncncc2I)s1. The van der Waals surface area contributed by atoms with Crippen molar-refractivity contribution in [2.24, 2.45) is 0 Å². The van der Waals surface area contributed by atoms with Gasteiger partial charge in [-0.3, -0.25) is 0 Å². The van der Waals surface area contributed by atoms with Gasteiger partial charge in [0, 0.05) is 17.3 Å². The molecule has 0 fully saturated rings. The van der Waals surface area contributed by atoms with E-state index in [9.17, 15) is 0 Å². The normalized spacial score (nSPS) is 10.1. The van der Waals surface area contributed by atoms with Crippen molar-refractivity contribution in [1.29, 1.82) is 0 Å². The molecule has 0 aliphatic rings. The minimum Gasteiger partial charge on any atom is -0.315 e. The van der Waals surface area contributed by atoms with Gasteiger partial charge in [-0.2, -0.15) is 0 Å². The number of hydrogen-bond donors (Lipinski definition) is 1. The zero-order valence-corrected chi connectivity index (χ0v) is 10.3. The largest absolute Gasteiger partial charge is 0.315 e. The predicted molar refractivity (Wildman–Crippen MR) is 64.9 cm³/mol. The Morgan fingerprint density at radius 3 is 2.86 bits per heavy atom. The van der Waals surface area contributed by atoms with E-state index in [1.54, 1.807) is 17.5 Å². The lowest BCUT2D eigenvalue weighted by atomic mass is 10.6. The van der Waals surface area contributed by atoms with Crippen LogP contribution in [0, 0.1) is 10.5 Å². The van der Waals surface area contributed by atoms with Crippen LogP contribution in [0.3, 0.4) is 0 Å². The van der Waals surface area contributed by atoms with E-state index >= 15 is 0 Å². The lowest BCUT2D eigenvalue weighted by molar-refractivity contribution is 1.15. The smallest absolute Gasteiger partial charge is 0.188 e. The number of anilines is 2. The van der Waals surface area contributed by atoms with Gasteiger partial charge in [0.1, 0.15) is 12.1 Å². The van der Waals surface area contributed by atoms with Crippen LogP contribution >= 0.6 is 33.9 Å². The van der Waals surface area contributed by atoms with Crippen LogP contribution in [0.15, 0.2) is 18.7 Å². The number of aromatic nitrogens is 3. The molecule has 2 heterocycles. The van der Waals surface area contributed by atoms with Crippen LogP contribution in [0.4, 0.5) is 10.9 Å². The molecule has 0 aliphatic carbocycles. The third-order valence-electron chi connectivity index (χ3n) is 1.51. The number of hydrogen-bond acceptors (Lipinski definition) is 5. The van der Waals surface area contributed by atoms with Crippen LogP contribution in [-0.4, -0.2) is 15.0 Å². The number of nitrogens with one attached hydrogen (secondary N) is 1. The van der Waals surface area contributed by atoms with E-state index in [4.69, 9.17) is 0 Å². The molecule has 0 aromatic carbocycles. The van der Waals surface area contributed by atoms with Gasteiger partial charge in [-0.1, -0.05) is 0 Å². The van der Waals surface area contributed by atoms with Crippen LogP contribution in [0.25, 0.3) is 0 Å². The molecule has 0 amide bonds. The van der Waals surface area contributed by atoms with Gasteiger partial charge in [0.2, 0.25) is 0 Å². The average Bonchev–Trinajstić information content (AvgIpc) is 2.56. The number of aryl methyl sites for hydroxylation is 1. The van der Waals surface area contributed by atoms with E-state index in [0.717, 1.165) is 14.5 Å². The highest BCUT2D eigenvalue weighted by Crippen LogP contribution is 2.22. The Labute approximate surface area is 99.0 Å². The molecule has 0 saturated carbocycles. The van der Waals surface area contributed by atoms with E-state index in [1.165, 1.54) is 11.2 Å². The molecule has 14 heavy (non-hydrogen) atoms. The molecule has 0 atom stereocenters. The summed E-state index contributed by atoms with van der Waals surface area (Å²) in [5.74, 6) is 0.801. The van der Waals surface area contributed by atoms with Gasteiger partial charge in [-0.15, -0.1) is 11.3 Å². The van der Waals surface area contributed by atoms with E-state index in [1.807, 2.05) is 13.1 Å². The fraction of sp³-hybridized carbons (Fsp3) is 0.125. The van der Waals surface area contributed by atoms with Gasteiger partial charge in [0.05, 0.1) is 3.57 Å². The van der Waals surface area contributed by atoms with Crippen molar-refractivity contribution >= 4 is 44.9 Å². The fourth-order valence-corrected chi connectivity index (χ4v) is 2.02. The summed E-state index contributed by atoms with van der Waals surface area (Å²) < 4.78 is 0.984. The van der Waals surface area contributed by atoms with Gasteiger partial charge >= 0.3 is 0 Å². The molecule has 0 radical (unpaired) electrons. The Bertz CT molecular complexity index is 442. The highest BCUT2D eigenvalue weighted by Gasteiger charge is 2.03. The zero-order chi connectivity index (χ0) is 9.97. The maximum Gasteiger partial charge on any atom is 0.188 e. The van der Waals surface area contributed by atoms with Gasteiger partial charge in [-0.25, -0.2) is 15.0 Å². The Hall–Kier alpha value is -0.760. The second-order valence-corrected chi connectivity index (χ2v) is 5.02. The first-order valence-corrected chi connectivity index (χ1v) is 5.80. The standard InChI is InChI=1S/C8H7IN4S/c1-5-2-11-8(14-5)13-7-6(9)3-10-4-12-7/h2-4H,1H3,(H,10,11,12,13). The fourth-order valence-electron chi connectivity index (χ4n) is 0.918. The molecule has 0 unspecified atom stereocenters. The number of halogens is 1. The molecule has 0 saturated heterocycles. The van der Waals surface area contributed by atoms with Gasteiger partial charge in [0.15, 0.2) is 5.13 Å². The number of nitrogens with zero attached hydrogens (tertiary/aromatic N) is 3. The van der Waals surface area contributed by atoms with E-state index in [-0.39, 0.29) is 0 Å². The van der Waals surface area contributed by atoms with Gasteiger partial charge in [-0.05, 0) is 29.5 Å². The first-order valence-electron chi connectivity index (χ1n) is 3.90. The molecular weight excluding hydrogens is 311 g/mol. The maximum atomic E-state index is 4.20. The molecule has 0 bridgehead atoms. The molecule has 4 nitrogen and oxygen atoms in total. The quantitative estimate of drug-likeness (QED) is 0.865. The van der Waals surface area contributed by atoms with Crippen molar-refractivity contribution in [3.05, 3.63) is 27.2 Å². The van der Waals surface area contributed by atoms with Crippen molar-refractivity contribution in [2.75, 3.05) is 5.32 Å². The predicted octanol–water partition coefficient (Wildman–Crippen LogP) is 2.59. The summed E-state index contributed by atoms with van der Waals surface area (Å²) in [6, 6.07) is 0. The summed E-state index contributed by atoms with van der Waals surface area (Å²) in [5.41, 5.74) is 0. The minimum atomic E-state index is 0.801. The monoisotopic (exact) mass is 318 g/mol. The lowest BCUT2D eigenvalue weighted by Gasteiger charge is -2.01. The van der Waals surface area contributed by atoms with E-state index in [2.05, 4.69) is 42.9 Å². The summed E-state index contributed by atoms with van der Waals surface area (Å²) in [6.45, 7) is 2.02. The molecular formula is C8H7IN4S. The second-order valence-electron chi connectivity index (χ2n) is 2.62. The highest BCUT2D eigenvalue weighted by molar-refractivity contribution is 14.1. The number of thiazole rings is 1. The van der Waals surface area contributed by atoms with Crippen molar-refractivity contribution in [1.82, 2.24) is 15.0 Å². The zero-order valence-electron chi connectivity index (χ0n) is 7.36. The first-order chi connectivity index (χ1) is 6.75. The van der Waals surface area contributed by atoms with Gasteiger partial charge in [0.25, 0.3) is 0 Å². The van der Waals surface area contributed by atoms with Crippen molar-refractivity contribution in [3.8, 4) is 0 Å². The Kier molecular flexibility index (Phi) is 2.92. The average molecular weight is 318 g/mol. The third kappa shape index (κ3) is 2.18. The molecule has 2 rings (SSSR count). The Morgan fingerprint density at radius 2 is 2.21 bits per heavy atom. The molecule has 1 N–H and O–H groups in total. The molecule has 0 aliphatic heterocycles. The maximum absolute atomic E-state index is 4.20. The summed E-state index contributed by atoms with van der Waals surface area (Å²) in [6.07, 6.45) is 5.11.